The van der Waals surface area contributed by atoms with Crippen molar-refractivity contribution in [2.45, 2.75) is 110 Å². The maximum absolute atomic E-state index is 14.7. The zero-order chi connectivity index (χ0) is 51.6. The highest BCUT2D eigenvalue weighted by Crippen LogP contribution is 2.37. The number of halogens is 3. The van der Waals surface area contributed by atoms with E-state index in [2.05, 4.69) is 45.8 Å². The minimum Gasteiger partial charge on any atom is -0.491 e. The van der Waals surface area contributed by atoms with Crippen LogP contribution in [0.1, 0.15) is 82.1 Å². The Bertz CT molecular complexity index is 2810. The van der Waals surface area contributed by atoms with Crippen LogP contribution >= 0.6 is 12.4 Å². The molecule has 3 aliphatic rings. The fourth-order valence-electron chi connectivity index (χ4n) is 8.36. The van der Waals surface area contributed by atoms with Gasteiger partial charge in [0.05, 0.1) is 35.7 Å². The number of carbonyl (C=O) groups is 3. The summed E-state index contributed by atoms with van der Waals surface area (Å²) in [5.41, 5.74) is 1.28. The molecule has 3 amide bonds. The van der Waals surface area contributed by atoms with E-state index in [9.17, 15) is 31.6 Å². The van der Waals surface area contributed by atoms with E-state index >= 15 is 0 Å². The van der Waals surface area contributed by atoms with Gasteiger partial charge in [-0.15, -0.1) is 12.4 Å². The summed E-state index contributed by atoms with van der Waals surface area (Å²) in [6.45, 7) is 21.7. The Morgan fingerprint density at radius 3 is 2.21 bits per heavy atom. The molecule has 4 aromatic rings. The second-order valence-electron chi connectivity index (χ2n) is 20.4. The Kier molecular flexibility index (Phi) is 17.2. The number of likely N-dealkylation sites (tertiary alicyclic amines) is 1. The molecule has 18 nitrogen and oxygen atoms in total. The number of hydrogen-bond donors (Lipinski definition) is 3. The molecule has 4 atom stereocenters. The van der Waals surface area contributed by atoms with Gasteiger partial charge in [-0.3, -0.25) is 24.3 Å². The van der Waals surface area contributed by atoms with Gasteiger partial charge in [0.1, 0.15) is 70.7 Å². The Morgan fingerprint density at radius 2 is 1.61 bits per heavy atom. The number of anilines is 3. The first-order chi connectivity index (χ1) is 33.5. The van der Waals surface area contributed by atoms with Crippen molar-refractivity contribution >= 4 is 74.2 Å². The summed E-state index contributed by atoms with van der Waals surface area (Å²) in [6.07, 6.45) is 4.24. The van der Waals surface area contributed by atoms with Crippen LogP contribution in [0.25, 0.3) is 10.9 Å². The Labute approximate surface area is 426 Å². The van der Waals surface area contributed by atoms with E-state index in [-0.39, 0.29) is 60.2 Å². The third kappa shape index (κ3) is 12.2. The summed E-state index contributed by atoms with van der Waals surface area (Å²) in [5.74, 6) is -1.86. The number of aliphatic imine (C=N–C) groups is 1. The van der Waals surface area contributed by atoms with Crippen molar-refractivity contribution in [3.63, 3.8) is 0 Å². The maximum Gasteiger partial charge on any atom is 0.247 e. The second-order valence-corrected chi connectivity index (χ2v) is 23.1. The predicted octanol–water partition coefficient (Wildman–Crippen LogP) is 6.62. The molecule has 0 radical (unpaired) electrons. The third-order valence-corrected chi connectivity index (χ3v) is 15.8. The first kappa shape index (κ1) is 55.3. The number of ether oxygens (including phenoxy) is 2. The monoisotopic (exact) mass is 1040 g/mol. The lowest BCUT2D eigenvalue weighted by Gasteiger charge is -2.35. The van der Waals surface area contributed by atoms with Crippen LogP contribution < -0.4 is 30.3 Å². The lowest BCUT2D eigenvalue weighted by atomic mass is 9.85. The molecule has 390 valence electrons. The number of nitrogens with one attached hydrogen (secondary N) is 3. The number of para-hydroxylation sites is 1. The molecule has 2 fully saturated rings. The summed E-state index contributed by atoms with van der Waals surface area (Å²) in [6, 6.07) is 4.24. The molecule has 0 saturated carbocycles. The first-order valence-electron chi connectivity index (χ1n) is 23.9. The Balaban J connectivity index is 0.00000847. The third-order valence-electron chi connectivity index (χ3n) is 13.3. The molecule has 3 N–H and O–H groups in total. The van der Waals surface area contributed by atoms with Crippen molar-refractivity contribution < 1.29 is 41.1 Å². The summed E-state index contributed by atoms with van der Waals surface area (Å²) >= 11 is 0. The number of piperazine rings is 1. The van der Waals surface area contributed by atoms with Gasteiger partial charge >= 0.3 is 0 Å². The Hall–Kier alpha value is -6.06. The van der Waals surface area contributed by atoms with E-state index in [1.165, 1.54) is 29.7 Å². The van der Waals surface area contributed by atoms with Crippen molar-refractivity contribution in [1.29, 1.82) is 0 Å². The molecule has 22 heteroatoms. The van der Waals surface area contributed by atoms with Crippen LogP contribution in [0.2, 0.25) is 0 Å². The van der Waals surface area contributed by atoms with Crippen LogP contribution in [0, 0.1) is 23.0 Å². The van der Waals surface area contributed by atoms with Crippen molar-refractivity contribution in [1.82, 2.24) is 35.1 Å². The summed E-state index contributed by atoms with van der Waals surface area (Å²) in [4.78, 5) is 69.4. The minimum absolute atomic E-state index is 0. The molecule has 0 spiro atoms. The van der Waals surface area contributed by atoms with Crippen LogP contribution in [0.3, 0.4) is 0 Å². The highest BCUT2D eigenvalue weighted by molar-refractivity contribution is 7.92. The van der Waals surface area contributed by atoms with Crippen LogP contribution in [-0.4, -0.2) is 137 Å². The standard InChI is InChI=1S/C50H65F2N11O7S.ClH/c1-11-29(2)45(64)59-42(49(5,6)7)47(66)63-27-32(21-38(63)46(65)58-41-35(51)13-12-14-36(41)52)70-33-25-54-48(55-26-33)62-17-15-61(16-18-62)19-20-69-39-23-37-34(22-40(39)71(67,68)50(8,9)10)44(57-28-56-37)60-43-31(4)30(3)24-53-43;/h12-14,22-23,25-26,28-29,32,38,42H,11,15-21,24,27H2,1-10H3,(H,58,65)(H,59,64)(H,53,56,57,60);1H/t29-,32+,38+,42-;/m1./s1. The number of nitrogens with zero attached hydrogens (tertiary/aromatic N) is 8. The molecule has 2 aromatic carbocycles. The number of benzene rings is 2. The molecular formula is C50H66ClF2N11O7S. The molecule has 72 heavy (non-hydrogen) atoms. The largest absolute Gasteiger partial charge is 0.491 e. The number of amidine groups is 1. The van der Waals surface area contributed by atoms with E-state index < -0.39 is 67.3 Å². The van der Waals surface area contributed by atoms with Crippen LogP contribution in [-0.2, 0) is 24.2 Å². The number of hydrogen-bond acceptors (Lipinski definition) is 15. The average molecular weight is 1040 g/mol. The van der Waals surface area contributed by atoms with Crippen LogP contribution in [0.5, 0.6) is 11.5 Å². The normalized spacial score (nSPS) is 18.6. The fraction of sp³-hybridized carbons (Fsp3) is 0.520. The van der Waals surface area contributed by atoms with Crippen molar-refractivity contribution in [3.05, 3.63) is 71.8 Å². The quantitative estimate of drug-likeness (QED) is 0.114. The summed E-state index contributed by atoms with van der Waals surface area (Å²) < 4.78 is 68.8. The molecule has 2 saturated heterocycles. The van der Waals surface area contributed by atoms with Crippen LogP contribution in [0.15, 0.2) is 70.1 Å². The van der Waals surface area contributed by atoms with Gasteiger partial charge in [-0.1, -0.05) is 40.7 Å². The van der Waals surface area contributed by atoms with Gasteiger partial charge in [0, 0.05) is 56.5 Å². The van der Waals surface area contributed by atoms with Crippen molar-refractivity contribution in [2.75, 3.05) is 68.0 Å². The number of fused-ring (bicyclic) bond motifs is 1. The van der Waals surface area contributed by atoms with Gasteiger partial charge in [-0.2, -0.15) is 0 Å². The minimum atomic E-state index is -3.86. The van der Waals surface area contributed by atoms with E-state index in [1.54, 1.807) is 60.6 Å². The summed E-state index contributed by atoms with van der Waals surface area (Å²) in [7, 11) is -3.86. The molecule has 7 rings (SSSR count). The highest BCUT2D eigenvalue weighted by Gasteiger charge is 2.46. The fourth-order valence-corrected chi connectivity index (χ4v) is 9.68. The van der Waals surface area contributed by atoms with Crippen molar-refractivity contribution in [3.8, 4) is 11.5 Å². The van der Waals surface area contributed by atoms with Crippen molar-refractivity contribution in [2.24, 2.45) is 16.3 Å². The van der Waals surface area contributed by atoms with Gasteiger partial charge in [-0.05, 0) is 75.8 Å². The topological polar surface area (TPSA) is 214 Å². The number of amides is 3. The number of carbonyl (C=O) groups excluding carboxylic acids is 3. The highest BCUT2D eigenvalue weighted by atomic mass is 35.5. The zero-order valence-electron chi connectivity index (χ0n) is 42.5. The van der Waals surface area contributed by atoms with E-state index in [0.717, 1.165) is 23.3 Å². The molecule has 0 unspecified atom stereocenters. The molecular weight excluding hydrogens is 972 g/mol. The van der Waals surface area contributed by atoms with Crippen LogP contribution in [0.4, 0.5) is 26.2 Å². The Morgan fingerprint density at radius 1 is 0.944 bits per heavy atom. The molecule has 5 heterocycles. The molecule has 0 bridgehead atoms. The first-order valence-corrected chi connectivity index (χ1v) is 25.4. The van der Waals surface area contributed by atoms with E-state index in [1.807, 2.05) is 25.7 Å². The number of aromatic nitrogens is 4. The smallest absolute Gasteiger partial charge is 0.247 e. The number of rotatable bonds is 15. The lowest BCUT2D eigenvalue weighted by molar-refractivity contribution is -0.143. The average Bonchev–Trinajstić information content (AvgIpc) is 3.89. The van der Waals surface area contributed by atoms with Gasteiger partial charge in [0.15, 0.2) is 15.6 Å². The van der Waals surface area contributed by atoms with Gasteiger partial charge in [0.2, 0.25) is 23.7 Å². The van der Waals surface area contributed by atoms with E-state index in [4.69, 9.17) is 9.47 Å². The molecule has 0 aliphatic carbocycles. The van der Waals surface area contributed by atoms with E-state index in [0.29, 0.717) is 74.2 Å². The van der Waals surface area contributed by atoms with Gasteiger partial charge < -0.3 is 35.2 Å². The summed E-state index contributed by atoms with van der Waals surface area (Å²) in [5, 5.41) is 9.02. The maximum atomic E-state index is 14.7. The SMILES string of the molecule is CC[C@@H](C)C(=O)N[C@H](C(=O)N1C[C@@H](Oc2cnc(N3CCN(CCOc4cc5ncnc(NC6=NCC(C)=C6C)c5cc4S(=O)(=O)C(C)(C)C)CC3)nc2)C[C@H]1C(=O)Nc1c(F)cccc1F)C(C)(C)C.Cl. The zero-order valence-corrected chi connectivity index (χ0v) is 44.1. The second kappa shape index (κ2) is 22.4. The van der Waals surface area contributed by atoms with Gasteiger partial charge in [0.25, 0.3) is 0 Å². The molecule has 2 aromatic heterocycles. The number of sulfone groups is 1. The van der Waals surface area contributed by atoms with Gasteiger partial charge in [-0.25, -0.2) is 37.1 Å². The predicted molar refractivity (Wildman–Crippen MR) is 275 cm³/mol. The molecule has 3 aliphatic heterocycles. The lowest BCUT2D eigenvalue weighted by Crippen LogP contribution is -2.58.